The molecule has 0 fully saturated rings. The van der Waals surface area contributed by atoms with E-state index in [9.17, 15) is 4.39 Å². The zero-order valence-electron chi connectivity index (χ0n) is 13.8. The molecule has 0 spiro atoms. The molecule has 0 unspecified atom stereocenters. The molecular formula is C17H28FN3O. The van der Waals surface area contributed by atoms with Crippen LogP contribution in [0.2, 0.25) is 0 Å². The highest BCUT2D eigenvalue weighted by molar-refractivity contribution is 5.46. The van der Waals surface area contributed by atoms with Crippen LogP contribution in [0.1, 0.15) is 30.5 Å². The SMILES string of the molecule is COC[C@@H](F)CN(C)CCCCc1ccc2c(n1)NCCC2. The van der Waals surface area contributed by atoms with Crippen molar-refractivity contribution in [2.24, 2.45) is 0 Å². The van der Waals surface area contributed by atoms with Crippen molar-refractivity contribution in [2.75, 3.05) is 45.7 Å². The fourth-order valence-corrected chi connectivity index (χ4v) is 2.86. The molecule has 124 valence electrons. The van der Waals surface area contributed by atoms with E-state index in [1.54, 1.807) is 0 Å². The summed E-state index contributed by atoms with van der Waals surface area (Å²) in [4.78, 5) is 6.73. The Morgan fingerprint density at radius 1 is 1.41 bits per heavy atom. The molecule has 0 saturated carbocycles. The average molecular weight is 309 g/mol. The second kappa shape index (κ2) is 9.06. The Kier molecular flexibility index (Phi) is 7.06. The van der Waals surface area contributed by atoms with Gasteiger partial charge in [-0.1, -0.05) is 6.07 Å². The molecule has 2 heterocycles. The molecule has 1 aromatic rings. The van der Waals surface area contributed by atoms with Gasteiger partial charge in [0.15, 0.2) is 0 Å². The number of unbranched alkanes of at least 4 members (excludes halogenated alkanes) is 1. The molecule has 1 aliphatic heterocycles. The quantitative estimate of drug-likeness (QED) is 0.712. The van der Waals surface area contributed by atoms with Crippen molar-refractivity contribution in [3.05, 3.63) is 23.4 Å². The summed E-state index contributed by atoms with van der Waals surface area (Å²) in [6.07, 6.45) is 4.55. The van der Waals surface area contributed by atoms with Crippen molar-refractivity contribution >= 4 is 5.82 Å². The van der Waals surface area contributed by atoms with E-state index in [0.717, 1.165) is 50.3 Å². The highest BCUT2D eigenvalue weighted by Crippen LogP contribution is 2.20. The Labute approximate surface area is 133 Å². The van der Waals surface area contributed by atoms with Gasteiger partial charge in [-0.15, -0.1) is 0 Å². The fraction of sp³-hybridized carbons (Fsp3) is 0.706. The molecule has 1 atom stereocenters. The molecular weight excluding hydrogens is 281 g/mol. The minimum Gasteiger partial charge on any atom is -0.382 e. The lowest BCUT2D eigenvalue weighted by atomic mass is 10.1. The number of aromatic nitrogens is 1. The van der Waals surface area contributed by atoms with Crippen LogP contribution in [0.3, 0.4) is 0 Å². The molecule has 5 heteroatoms. The standard InChI is InChI=1S/C17H28FN3O/c1-21(12-15(18)13-22-2)11-4-3-7-16-9-8-14-6-5-10-19-17(14)20-16/h8-9,15H,3-7,10-13H2,1-2H3,(H,19,20)/t15-/m0/s1. The summed E-state index contributed by atoms with van der Waals surface area (Å²) in [5, 5.41) is 3.37. The predicted molar refractivity (Wildman–Crippen MR) is 88.3 cm³/mol. The largest absolute Gasteiger partial charge is 0.382 e. The van der Waals surface area contributed by atoms with Gasteiger partial charge in [0.2, 0.25) is 0 Å². The van der Waals surface area contributed by atoms with Crippen LogP contribution in [0.25, 0.3) is 0 Å². The van der Waals surface area contributed by atoms with Gasteiger partial charge in [-0.3, -0.25) is 0 Å². The van der Waals surface area contributed by atoms with Gasteiger partial charge in [-0.2, -0.15) is 0 Å². The molecule has 0 amide bonds. The summed E-state index contributed by atoms with van der Waals surface area (Å²) in [5.74, 6) is 1.07. The number of methoxy groups -OCH3 is 1. The zero-order chi connectivity index (χ0) is 15.8. The van der Waals surface area contributed by atoms with Crippen LogP contribution in [-0.4, -0.2) is 56.5 Å². The Bertz CT molecular complexity index is 456. The lowest BCUT2D eigenvalue weighted by Gasteiger charge is -2.19. The van der Waals surface area contributed by atoms with Crippen molar-refractivity contribution in [3.8, 4) is 0 Å². The first kappa shape index (κ1) is 17.2. The van der Waals surface area contributed by atoms with Crippen molar-refractivity contribution in [1.82, 2.24) is 9.88 Å². The van der Waals surface area contributed by atoms with E-state index >= 15 is 0 Å². The molecule has 22 heavy (non-hydrogen) atoms. The summed E-state index contributed by atoms with van der Waals surface area (Å²) in [6, 6.07) is 4.35. The molecule has 1 aromatic heterocycles. The minimum atomic E-state index is -0.900. The number of nitrogens with one attached hydrogen (secondary N) is 1. The first-order valence-electron chi connectivity index (χ1n) is 8.23. The maximum absolute atomic E-state index is 13.4. The van der Waals surface area contributed by atoms with Gasteiger partial charge in [0.1, 0.15) is 12.0 Å². The van der Waals surface area contributed by atoms with Gasteiger partial charge in [0.05, 0.1) is 6.61 Å². The normalized spacial score (nSPS) is 15.5. The first-order chi connectivity index (χ1) is 10.7. The molecule has 2 rings (SSSR count). The third-order valence-corrected chi connectivity index (χ3v) is 4.03. The van der Waals surface area contributed by atoms with Crippen molar-refractivity contribution in [3.63, 3.8) is 0 Å². The number of anilines is 1. The number of hydrogen-bond donors (Lipinski definition) is 1. The summed E-state index contributed by atoms with van der Waals surface area (Å²) < 4.78 is 18.2. The third-order valence-electron chi connectivity index (χ3n) is 4.03. The lowest BCUT2D eigenvalue weighted by Crippen LogP contribution is -2.30. The van der Waals surface area contributed by atoms with Gasteiger partial charge >= 0.3 is 0 Å². The second-order valence-corrected chi connectivity index (χ2v) is 6.11. The average Bonchev–Trinajstić information content (AvgIpc) is 2.51. The van der Waals surface area contributed by atoms with E-state index in [4.69, 9.17) is 9.72 Å². The van der Waals surface area contributed by atoms with E-state index in [2.05, 4.69) is 17.4 Å². The molecule has 0 aliphatic carbocycles. The second-order valence-electron chi connectivity index (χ2n) is 6.11. The van der Waals surface area contributed by atoms with Crippen LogP contribution in [0, 0.1) is 0 Å². The number of pyridine rings is 1. The third kappa shape index (κ3) is 5.54. The monoisotopic (exact) mass is 309 g/mol. The summed E-state index contributed by atoms with van der Waals surface area (Å²) in [6.45, 7) is 2.55. The van der Waals surface area contributed by atoms with E-state index in [-0.39, 0.29) is 6.61 Å². The highest BCUT2D eigenvalue weighted by atomic mass is 19.1. The Morgan fingerprint density at radius 3 is 3.09 bits per heavy atom. The molecule has 0 bridgehead atoms. The number of alkyl halides is 1. The minimum absolute atomic E-state index is 0.177. The Balaban J connectivity index is 1.66. The van der Waals surface area contributed by atoms with Gasteiger partial charge in [-0.25, -0.2) is 9.37 Å². The predicted octanol–water partition coefficient (Wildman–Crippen LogP) is 2.68. The van der Waals surface area contributed by atoms with Gasteiger partial charge in [-0.05, 0) is 57.3 Å². The fourth-order valence-electron chi connectivity index (χ4n) is 2.86. The summed E-state index contributed by atoms with van der Waals surface area (Å²) in [5.41, 5.74) is 2.49. The first-order valence-corrected chi connectivity index (χ1v) is 8.23. The summed E-state index contributed by atoms with van der Waals surface area (Å²) in [7, 11) is 3.50. The van der Waals surface area contributed by atoms with Gasteiger partial charge in [0.25, 0.3) is 0 Å². The molecule has 1 aliphatic rings. The number of fused-ring (bicyclic) bond motifs is 1. The Morgan fingerprint density at radius 2 is 2.27 bits per heavy atom. The summed E-state index contributed by atoms with van der Waals surface area (Å²) >= 11 is 0. The molecule has 0 saturated heterocycles. The topological polar surface area (TPSA) is 37.4 Å². The zero-order valence-corrected chi connectivity index (χ0v) is 13.8. The number of nitrogens with zero attached hydrogens (tertiary/aromatic N) is 2. The lowest BCUT2D eigenvalue weighted by molar-refractivity contribution is 0.0999. The maximum atomic E-state index is 13.4. The van der Waals surface area contributed by atoms with E-state index in [1.807, 2.05) is 11.9 Å². The number of ether oxygens (including phenoxy) is 1. The maximum Gasteiger partial charge on any atom is 0.136 e. The highest BCUT2D eigenvalue weighted by Gasteiger charge is 2.11. The Hall–Kier alpha value is -1.20. The number of rotatable bonds is 9. The van der Waals surface area contributed by atoms with Crippen LogP contribution in [0.5, 0.6) is 0 Å². The van der Waals surface area contributed by atoms with Crippen LogP contribution in [0.4, 0.5) is 10.2 Å². The van der Waals surface area contributed by atoms with E-state index < -0.39 is 6.17 Å². The van der Waals surface area contributed by atoms with Crippen LogP contribution in [0.15, 0.2) is 12.1 Å². The van der Waals surface area contributed by atoms with Crippen molar-refractivity contribution in [2.45, 2.75) is 38.3 Å². The molecule has 4 nitrogen and oxygen atoms in total. The van der Waals surface area contributed by atoms with Gasteiger partial charge in [0, 0.05) is 25.9 Å². The molecule has 0 radical (unpaired) electrons. The molecule has 1 N–H and O–H groups in total. The van der Waals surface area contributed by atoms with E-state index in [0.29, 0.717) is 6.54 Å². The smallest absolute Gasteiger partial charge is 0.136 e. The van der Waals surface area contributed by atoms with Gasteiger partial charge < -0.3 is 15.0 Å². The van der Waals surface area contributed by atoms with Crippen LogP contribution < -0.4 is 5.32 Å². The number of aryl methyl sites for hydroxylation is 2. The number of halogens is 1. The van der Waals surface area contributed by atoms with Crippen LogP contribution in [-0.2, 0) is 17.6 Å². The van der Waals surface area contributed by atoms with E-state index in [1.165, 1.54) is 19.1 Å². The van der Waals surface area contributed by atoms with Crippen molar-refractivity contribution in [1.29, 1.82) is 0 Å². The molecule has 0 aromatic carbocycles. The number of hydrogen-bond acceptors (Lipinski definition) is 4. The van der Waals surface area contributed by atoms with Crippen molar-refractivity contribution < 1.29 is 9.13 Å². The van der Waals surface area contributed by atoms with Crippen LogP contribution >= 0.6 is 0 Å².